The van der Waals surface area contributed by atoms with E-state index in [0.717, 1.165) is 43.2 Å². The fourth-order valence-corrected chi connectivity index (χ4v) is 3.99. The molecule has 1 heterocycles. The third kappa shape index (κ3) is 5.34. The van der Waals surface area contributed by atoms with Gasteiger partial charge in [0.25, 0.3) is 0 Å². The van der Waals surface area contributed by atoms with Crippen molar-refractivity contribution in [3.8, 4) is 0 Å². The predicted molar refractivity (Wildman–Crippen MR) is 114 cm³/mol. The zero-order chi connectivity index (χ0) is 19.8. The minimum absolute atomic E-state index is 0.0467. The maximum atomic E-state index is 12.7. The Hall–Kier alpha value is -1.88. The molecule has 0 spiro atoms. The summed E-state index contributed by atoms with van der Waals surface area (Å²) >= 11 is 6.27. The number of carbonyl (C=O) groups excluding carboxylic acids is 1. The van der Waals surface area contributed by atoms with Crippen molar-refractivity contribution < 1.29 is 9.53 Å². The van der Waals surface area contributed by atoms with Gasteiger partial charge in [-0.05, 0) is 36.6 Å². The zero-order valence-corrected chi connectivity index (χ0v) is 17.3. The van der Waals surface area contributed by atoms with Crippen molar-refractivity contribution in [1.29, 1.82) is 0 Å². The smallest absolute Gasteiger partial charge is 0.234 e. The number of nitrogens with zero attached hydrogens (tertiary/aromatic N) is 1. The first-order valence-corrected chi connectivity index (χ1v) is 10.4. The number of rotatable bonds is 8. The quantitative estimate of drug-likeness (QED) is 0.727. The highest BCUT2D eigenvalue weighted by Gasteiger charge is 2.34. The van der Waals surface area contributed by atoms with Crippen LogP contribution in [0.25, 0.3) is 0 Å². The van der Waals surface area contributed by atoms with Crippen molar-refractivity contribution in [2.75, 3.05) is 32.8 Å². The Morgan fingerprint density at radius 2 is 1.79 bits per heavy atom. The number of ether oxygens (including phenoxy) is 1. The molecule has 0 bridgehead atoms. The fraction of sp³-hybridized carbons (Fsp3) is 0.435. The second-order valence-electron chi connectivity index (χ2n) is 7.43. The number of amides is 1. The van der Waals surface area contributed by atoms with Crippen LogP contribution in [0.2, 0.25) is 5.02 Å². The highest BCUT2D eigenvalue weighted by Crippen LogP contribution is 2.34. The molecule has 0 aliphatic carbocycles. The highest BCUT2D eigenvalue weighted by molar-refractivity contribution is 6.31. The average molecular weight is 401 g/mol. The van der Waals surface area contributed by atoms with Gasteiger partial charge in [0.15, 0.2) is 0 Å². The summed E-state index contributed by atoms with van der Waals surface area (Å²) in [6.07, 6.45) is 1.85. The van der Waals surface area contributed by atoms with Crippen LogP contribution >= 0.6 is 11.6 Å². The summed E-state index contributed by atoms with van der Waals surface area (Å²) in [6.45, 7) is 5.99. The molecule has 0 unspecified atom stereocenters. The number of hydrogen-bond acceptors (Lipinski definition) is 3. The third-order valence-corrected chi connectivity index (χ3v) is 5.99. The molecule has 1 fully saturated rings. The molecule has 3 rings (SSSR count). The van der Waals surface area contributed by atoms with Gasteiger partial charge < -0.3 is 10.1 Å². The van der Waals surface area contributed by atoms with Gasteiger partial charge in [0.05, 0.1) is 6.54 Å². The lowest BCUT2D eigenvalue weighted by Crippen LogP contribution is -2.47. The Morgan fingerprint density at radius 3 is 2.46 bits per heavy atom. The standard InChI is InChI=1S/C23H29ClN2O2/c1-2-26(16-19-8-6-7-11-21(19)24)17-22(27)25-18-23(12-14-28-15-13-23)20-9-4-3-5-10-20/h3-11H,2,12-18H2,1H3,(H,25,27). The lowest BCUT2D eigenvalue weighted by molar-refractivity contribution is -0.122. The molecule has 150 valence electrons. The van der Waals surface area contributed by atoms with Crippen molar-refractivity contribution in [3.05, 3.63) is 70.7 Å². The van der Waals surface area contributed by atoms with Crippen LogP contribution in [0, 0.1) is 0 Å². The van der Waals surface area contributed by atoms with Gasteiger partial charge in [0, 0.05) is 36.7 Å². The van der Waals surface area contributed by atoms with Crippen LogP contribution in [-0.2, 0) is 21.5 Å². The summed E-state index contributed by atoms with van der Waals surface area (Å²) < 4.78 is 5.58. The van der Waals surface area contributed by atoms with Gasteiger partial charge in [0.2, 0.25) is 5.91 Å². The van der Waals surface area contributed by atoms with Crippen LogP contribution in [0.15, 0.2) is 54.6 Å². The molecular weight excluding hydrogens is 372 g/mol. The molecule has 5 heteroatoms. The first-order valence-electron chi connectivity index (χ1n) is 9.99. The van der Waals surface area contributed by atoms with E-state index in [2.05, 4.69) is 41.4 Å². The van der Waals surface area contributed by atoms with E-state index in [4.69, 9.17) is 16.3 Å². The second-order valence-corrected chi connectivity index (χ2v) is 7.84. The molecule has 1 N–H and O–H groups in total. The van der Waals surface area contributed by atoms with E-state index < -0.39 is 0 Å². The van der Waals surface area contributed by atoms with E-state index in [-0.39, 0.29) is 11.3 Å². The molecular formula is C23H29ClN2O2. The number of hydrogen-bond donors (Lipinski definition) is 1. The van der Waals surface area contributed by atoms with E-state index in [1.165, 1.54) is 5.56 Å². The maximum Gasteiger partial charge on any atom is 0.234 e. The van der Waals surface area contributed by atoms with Gasteiger partial charge in [-0.1, -0.05) is 67.1 Å². The molecule has 1 aliphatic heterocycles. The highest BCUT2D eigenvalue weighted by atomic mass is 35.5. The topological polar surface area (TPSA) is 41.6 Å². The second kappa shape index (κ2) is 10.1. The molecule has 1 aliphatic rings. The summed E-state index contributed by atoms with van der Waals surface area (Å²) in [5.74, 6) is 0.0516. The molecule has 2 aromatic carbocycles. The summed E-state index contributed by atoms with van der Waals surface area (Å²) in [5.41, 5.74) is 2.28. The van der Waals surface area contributed by atoms with Gasteiger partial charge in [0.1, 0.15) is 0 Å². The Kier molecular flexibility index (Phi) is 7.49. The van der Waals surface area contributed by atoms with Gasteiger partial charge in [-0.25, -0.2) is 0 Å². The van der Waals surface area contributed by atoms with Crippen LogP contribution in [-0.4, -0.2) is 43.7 Å². The van der Waals surface area contributed by atoms with Gasteiger partial charge in [-0.3, -0.25) is 9.69 Å². The molecule has 4 nitrogen and oxygen atoms in total. The van der Waals surface area contributed by atoms with E-state index >= 15 is 0 Å². The molecule has 0 saturated carbocycles. The Labute approximate surface area is 172 Å². The van der Waals surface area contributed by atoms with E-state index in [0.29, 0.717) is 19.6 Å². The van der Waals surface area contributed by atoms with Crippen LogP contribution in [0.3, 0.4) is 0 Å². The summed E-state index contributed by atoms with van der Waals surface area (Å²) in [7, 11) is 0. The van der Waals surface area contributed by atoms with Crippen LogP contribution in [0.5, 0.6) is 0 Å². The Balaban J connectivity index is 1.60. The fourth-order valence-electron chi connectivity index (χ4n) is 3.80. The van der Waals surface area contributed by atoms with E-state index in [1.807, 2.05) is 30.3 Å². The lowest BCUT2D eigenvalue weighted by atomic mass is 9.74. The van der Waals surface area contributed by atoms with E-state index in [9.17, 15) is 4.79 Å². The lowest BCUT2D eigenvalue weighted by Gasteiger charge is -2.38. The molecule has 0 aromatic heterocycles. The SMILES string of the molecule is CCN(CC(=O)NCC1(c2ccccc2)CCOCC1)Cc1ccccc1Cl. The van der Waals surface area contributed by atoms with Crippen molar-refractivity contribution in [3.63, 3.8) is 0 Å². The summed E-state index contributed by atoms with van der Waals surface area (Å²) in [4.78, 5) is 14.8. The van der Waals surface area contributed by atoms with E-state index in [1.54, 1.807) is 0 Å². The number of likely N-dealkylation sites (N-methyl/N-ethyl adjacent to an activating group) is 1. The normalized spacial score (nSPS) is 16.1. The minimum Gasteiger partial charge on any atom is -0.381 e. The largest absolute Gasteiger partial charge is 0.381 e. The predicted octanol–water partition coefficient (Wildman–Crippen LogP) is 4.03. The number of nitrogens with one attached hydrogen (secondary N) is 1. The Bertz CT molecular complexity index is 760. The van der Waals surface area contributed by atoms with Gasteiger partial charge in [-0.2, -0.15) is 0 Å². The summed E-state index contributed by atoms with van der Waals surface area (Å²) in [6, 6.07) is 18.3. The molecule has 2 aromatic rings. The summed E-state index contributed by atoms with van der Waals surface area (Å²) in [5, 5.41) is 3.93. The zero-order valence-electron chi connectivity index (χ0n) is 16.5. The van der Waals surface area contributed by atoms with Crippen LogP contribution in [0.1, 0.15) is 30.9 Å². The molecule has 28 heavy (non-hydrogen) atoms. The molecule has 1 saturated heterocycles. The maximum absolute atomic E-state index is 12.7. The Morgan fingerprint density at radius 1 is 1.11 bits per heavy atom. The number of halogens is 1. The molecule has 0 atom stereocenters. The first kappa shape index (κ1) is 20.8. The van der Waals surface area contributed by atoms with Crippen LogP contribution in [0.4, 0.5) is 0 Å². The molecule has 0 radical (unpaired) electrons. The minimum atomic E-state index is -0.0467. The van der Waals surface area contributed by atoms with Crippen molar-refractivity contribution >= 4 is 17.5 Å². The van der Waals surface area contributed by atoms with Crippen molar-refractivity contribution in [2.45, 2.75) is 31.7 Å². The van der Waals surface area contributed by atoms with Gasteiger partial charge >= 0.3 is 0 Å². The average Bonchev–Trinajstić information content (AvgIpc) is 2.74. The van der Waals surface area contributed by atoms with Crippen molar-refractivity contribution in [1.82, 2.24) is 10.2 Å². The number of carbonyl (C=O) groups is 1. The van der Waals surface area contributed by atoms with Crippen molar-refractivity contribution in [2.24, 2.45) is 0 Å². The van der Waals surface area contributed by atoms with Crippen LogP contribution < -0.4 is 5.32 Å². The monoisotopic (exact) mass is 400 g/mol. The molecule has 1 amide bonds. The van der Waals surface area contributed by atoms with Gasteiger partial charge in [-0.15, -0.1) is 0 Å². The first-order chi connectivity index (χ1) is 13.6. The number of benzene rings is 2. The third-order valence-electron chi connectivity index (χ3n) is 5.63.